The van der Waals surface area contributed by atoms with Gasteiger partial charge in [0, 0.05) is 0 Å². The van der Waals surface area contributed by atoms with Gasteiger partial charge in [0.1, 0.15) is 5.75 Å². The van der Waals surface area contributed by atoms with Crippen molar-refractivity contribution in [1.82, 2.24) is 0 Å². The van der Waals surface area contributed by atoms with E-state index in [0.29, 0.717) is 12.2 Å². The molecule has 0 radical (unpaired) electrons. The van der Waals surface area contributed by atoms with Gasteiger partial charge in [-0.1, -0.05) is 32.9 Å². The normalized spacial score (nSPS) is 14.2. The van der Waals surface area contributed by atoms with Crippen LogP contribution in [0.2, 0.25) is 0 Å². The van der Waals surface area contributed by atoms with Crippen LogP contribution in [-0.2, 0) is 4.79 Å². The maximum Gasteiger partial charge on any atom is 0.309 e. The molecule has 4 heteroatoms. The summed E-state index contributed by atoms with van der Waals surface area (Å²) >= 11 is 0. The monoisotopic (exact) mass is 266 g/mol. The van der Waals surface area contributed by atoms with Crippen LogP contribution in [-0.4, -0.2) is 22.8 Å². The van der Waals surface area contributed by atoms with Gasteiger partial charge < -0.3 is 14.9 Å². The Morgan fingerprint density at radius 2 is 1.84 bits per heavy atom. The average molecular weight is 266 g/mol. The number of hydrogen-bond acceptors (Lipinski definition) is 3. The molecule has 0 bridgehead atoms. The Morgan fingerprint density at radius 1 is 1.26 bits per heavy atom. The van der Waals surface area contributed by atoms with E-state index in [1.807, 2.05) is 6.92 Å². The van der Waals surface area contributed by atoms with Gasteiger partial charge in [0.15, 0.2) is 0 Å². The molecule has 0 heterocycles. The van der Waals surface area contributed by atoms with Gasteiger partial charge in [0.25, 0.3) is 0 Å². The number of aliphatic hydroxyl groups excluding tert-OH is 1. The minimum Gasteiger partial charge on any atom is -0.494 e. The third-order valence-electron chi connectivity index (χ3n) is 3.04. The number of carboxylic acids is 1. The van der Waals surface area contributed by atoms with Crippen LogP contribution in [0.15, 0.2) is 24.3 Å². The van der Waals surface area contributed by atoms with Gasteiger partial charge >= 0.3 is 5.97 Å². The predicted octanol–water partition coefficient (Wildman–Crippen LogP) is 2.87. The third-order valence-corrected chi connectivity index (χ3v) is 3.04. The van der Waals surface area contributed by atoms with Crippen LogP contribution in [0.5, 0.6) is 5.75 Å². The number of ether oxygens (including phenoxy) is 1. The van der Waals surface area contributed by atoms with Crippen molar-refractivity contribution in [3.05, 3.63) is 29.8 Å². The van der Waals surface area contributed by atoms with Crippen LogP contribution in [0.25, 0.3) is 0 Å². The molecular weight excluding hydrogens is 244 g/mol. The number of benzene rings is 1. The molecule has 0 amide bonds. The highest BCUT2D eigenvalue weighted by molar-refractivity contribution is 5.71. The van der Waals surface area contributed by atoms with E-state index in [1.165, 1.54) is 0 Å². The summed E-state index contributed by atoms with van der Waals surface area (Å²) in [5.74, 6) is -1.19. The van der Waals surface area contributed by atoms with Crippen molar-refractivity contribution in [3.63, 3.8) is 0 Å². The van der Waals surface area contributed by atoms with E-state index >= 15 is 0 Å². The zero-order chi connectivity index (χ0) is 14.4. The predicted molar refractivity (Wildman–Crippen MR) is 73.2 cm³/mol. The van der Waals surface area contributed by atoms with Gasteiger partial charge in [-0.2, -0.15) is 0 Å². The van der Waals surface area contributed by atoms with E-state index in [1.54, 1.807) is 38.1 Å². The molecule has 2 unspecified atom stereocenters. The molecule has 0 aliphatic heterocycles. The minimum atomic E-state index is -1.00. The van der Waals surface area contributed by atoms with E-state index in [0.717, 1.165) is 12.2 Å². The number of rotatable bonds is 7. The lowest BCUT2D eigenvalue weighted by molar-refractivity contribution is -0.148. The number of carbonyl (C=O) groups is 1. The van der Waals surface area contributed by atoms with Gasteiger partial charge in [-0.05, 0) is 30.0 Å². The number of carboxylic acid groups (broad SMARTS) is 1. The quantitative estimate of drug-likeness (QED) is 0.796. The maximum absolute atomic E-state index is 11.2. The highest BCUT2D eigenvalue weighted by Crippen LogP contribution is 2.29. The van der Waals surface area contributed by atoms with Crippen LogP contribution in [0.1, 0.15) is 38.9 Å². The molecule has 0 aromatic heterocycles. The van der Waals surface area contributed by atoms with Crippen LogP contribution in [0, 0.1) is 11.8 Å². The summed E-state index contributed by atoms with van der Waals surface area (Å²) in [6, 6.07) is 6.95. The van der Waals surface area contributed by atoms with Crippen LogP contribution in [0.4, 0.5) is 0 Å². The molecule has 0 saturated carbocycles. The SMILES string of the molecule is CCCOc1ccc(C(O)C(C(=O)O)C(C)C)cc1. The molecule has 1 rings (SSSR count). The van der Waals surface area contributed by atoms with Crippen molar-refractivity contribution in [3.8, 4) is 5.75 Å². The van der Waals surface area contributed by atoms with E-state index in [9.17, 15) is 9.90 Å². The van der Waals surface area contributed by atoms with Crippen LogP contribution >= 0.6 is 0 Å². The molecule has 19 heavy (non-hydrogen) atoms. The molecule has 0 fully saturated rings. The standard InChI is InChI=1S/C15H22O4/c1-4-9-19-12-7-5-11(6-8-12)14(16)13(10(2)3)15(17)18/h5-8,10,13-14,16H,4,9H2,1-3H3,(H,17,18). The summed E-state index contributed by atoms with van der Waals surface area (Å²) in [5, 5.41) is 19.3. The summed E-state index contributed by atoms with van der Waals surface area (Å²) in [4.78, 5) is 11.2. The molecule has 2 atom stereocenters. The largest absolute Gasteiger partial charge is 0.494 e. The Bertz CT molecular complexity index is 397. The smallest absolute Gasteiger partial charge is 0.309 e. The Hall–Kier alpha value is -1.55. The Kier molecular flexibility index (Phi) is 5.83. The molecule has 2 N–H and O–H groups in total. The van der Waals surface area contributed by atoms with E-state index in [4.69, 9.17) is 9.84 Å². The van der Waals surface area contributed by atoms with Crippen LogP contribution < -0.4 is 4.74 Å². The number of aliphatic carboxylic acids is 1. The summed E-state index contributed by atoms with van der Waals surface area (Å²) in [6.07, 6.45) is -0.0727. The first-order valence-electron chi connectivity index (χ1n) is 6.61. The first-order valence-corrected chi connectivity index (χ1v) is 6.61. The average Bonchev–Trinajstić information content (AvgIpc) is 2.36. The molecule has 4 nitrogen and oxygen atoms in total. The number of aliphatic hydroxyl groups is 1. The molecule has 106 valence electrons. The summed E-state index contributed by atoms with van der Waals surface area (Å²) in [6.45, 7) is 6.26. The third kappa shape index (κ3) is 4.24. The topological polar surface area (TPSA) is 66.8 Å². The molecule has 0 saturated heterocycles. The lowest BCUT2D eigenvalue weighted by Gasteiger charge is -2.22. The number of hydrogen-bond donors (Lipinski definition) is 2. The second kappa shape index (κ2) is 7.14. The van der Waals surface area contributed by atoms with Crippen molar-refractivity contribution < 1.29 is 19.7 Å². The van der Waals surface area contributed by atoms with E-state index in [-0.39, 0.29) is 5.92 Å². The molecule has 0 aliphatic rings. The zero-order valence-electron chi connectivity index (χ0n) is 11.7. The summed E-state index contributed by atoms with van der Waals surface area (Å²) in [5.41, 5.74) is 0.602. The maximum atomic E-state index is 11.2. The van der Waals surface area contributed by atoms with Gasteiger partial charge in [-0.15, -0.1) is 0 Å². The zero-order valence-corrected chi connectivity index (χ0v) is 11.7. The molecular formula is C15H22O4. The summed E-state index contributed by atoms with van der Waals surface area (Å²) in [7, 11) is 0. The lowest BCUT2D eigenvalue weighted by atomic mass is 9.86. The first kappa shape index (κ1) is 15.5. The second-order valence-electron chi connectivity index (χ2n) is 4.97. The molecule has 0 aliphatic carbocycles. The first-order chi connectivity index (χ1) is 8.97. The highest BCUT2D eigenvalue weighted by Gasteiger charge is 2.30. The van der Waals surface area contributed by atoms with Crippen LogP contribution in [0.3, 0.4) is 0 Å². The van der Waals surface area contributed by atoms with Crippen molar-refractivity contribution in [2.75, 3.05) is 6.61 Å². The van der Waals surface area contributed by atoms with Gasteiger partial charge in [-0.25, -0.2) is 0 Å². The van der Waals surface area contributed by atoms with Crippen molar-refractivity contribution in [2.24, 2.45) is 11.8 Å². The fourth-order valence-corrected chi connectivity index (χ4v) is 1.97. The van der Waals surface area contributed by atoms with Gasteiger partial charge in [0.05, 0.1) is 18.6 Å². The van der Waals surface area contributed by atoms with E-state index < -0.39 is 18.0 Å². The van der Waals surface area contributed by atoms with Crippen molar-refractivity contribution in [1.29, 1.82) is 0 Å². The highest BCUT2D eigenvalue weighted by atomic mass is 16.5. The van der Waals surface area contributed by atoms with Gasteiger partial charge in [-0.3, -0.25) is 4.79 Å². The second-order valence-corrected chi connectivity index (χ2v) is 4.97. The minimum absolute atomic E-state index is 0.136. The Labute approximate surface area is 114 Å². The Morgan fingerprint density at radius 3 is 2.26 bits per heavy atom. The molecule has 1 aromatic carbocycles. The van der Waals surface area contributed by atoms with E-state index in [2.05, 4.69) is 0 Å². The van der Waals surface area contributed by atoms with Crippen molar-refractivity contribution in [2.45, 2.75) is 33.3 Å². The lowest BCUT2D eigenvalue weighted by Crippen LogP contribution is -2.26. The van der Waals surface area contributed by atoms with Gasteiger partial charge in [0.2, 0.25) is 0 Å². The summed E-state index contributed by atoms with van der Waals surface area (Å²) < 4.78 is 5.45. The van der Waals surface area contributed by atoms with Crippen molar-refractivity contribution >= 4 is 5.97 Å². The Balaban J connectivity index is 2.81. The fraction of sp³-hybridized carbons (Fsp3) is 0.533. The molecule has 1 aromatic rings. The fourth-order valence-electron chi connectivity index (χ4n) is 1.97. The molecule has 0 spiro atoms.